The molecule has 630 valence electrons. The van der Waals surface area contributed by atoms with Crippen LogP contribution in [0.1, 0.15) is 45.4 Å². The highest BCUT2D eigenvalue weighted by Crippen LogP contribution is 2.40. The number of nitrogens with one attached hydrogen (secondary N) is 7. The van der Waals surface area contributed by atoms with Crippen LogP contribution in [0.4, 0.5) is 86.0 Å². The van der Waals surface area contributed by atoms with E-state index in [4.69, 9.17) is 89.8 Å². The Morgan fingerprint density at radius 1 is 0.378 bits per heavy atom. The predicted molar refractivity (Wildman–Crippen MR) is 517 cm³/mol. The first-order valence-corrected chi connectivity index (χ1v) is 40.0. The summed E-state index contributed by atoms with van der Waals surface area (Å²) >= 11 is 6.96. The minimum absolute atomic E-state index is 0.00823. The quantitative estimate of drug-likeness (QED) is 0.0155. The molecule has 0 aliphatic heterocycles. The number of benzene rings is 10. The molecule has 0 amide bonds. The molecule has 6 heterocycles. The smallest absolute Gasteiger partial charge is 0.151 e. The highest BCUT2D eigenvalue weighted by Gasteiger charge is 2.16. The molecule has 10 aromatic carbocycles. The minimum Gasteiger partial charge on any atom is -0.387 e. The van der Waals surface area contributed by atoms with Gasteiger partial charge in [-0.2, -0.15) is 25.6 Å². The van der Waals surface area contributed by atoms with Crippen molar-refractivity contribution >= 4 is 207 Å². The Bertz CT molecular complexity index is 7050. The minimum atomic E-state index is -0.0381. The summed E-state index contributed by atoms with van der Waals surface area (Å²) < 4.78 is 1.80. The van der Waals surface area contributed by atoms with Crippen LogP contribution in [0, 0.1) is 51.2 Å². The van der Waals surface area contributed by atoms with E-state index in [-0.39, 0.29) is 41.3 Å². The Kier molecular flexibility index (Phi) is 29.2. The number of rotatable bonds is 19. The lowest BCUT2D eigenvalue weighted by Gasteiger charge is -2.06. The number of aryl methyl sites for hydroxylation is 1. The van der Waals surface area contributed by atoms with Crippen LogP contribution in [-0.4, -0.2) is 90.3 Å². The predicted octanol–water partition coefficient (Wildman–Crippen LogP) is 20.7. The van der Waals surface area contributed by atoms with Gasteiger partial charge in [0.05, 0.1) is 40.8 Å². The molecule has 0 radical (unpaired) electrons. The number of aromatic nitrogens is 6. The summed E-state index contributed by atoms with van der Waals surface area (Å²) in [5, 5.41) is 96.4. The van der Waals surface area contributed by atoms with Crippen molar-refractivity contribution in [1.82, 2.24) is 34.8 Å². The van der Waals surface area contributed by atoms with Crippen molar-refractivity contribution in [2.24, 2.45) is 79.8 Å². The lowest BCUT2D eigenvalue weighted by atomic mass is 10.1. The van der Waals surface area contributed by atoms with Crippen LogP contribution >= 0.6 is 31.9 Å². The van der Waals surface area contributed by atoms with E-state index >= 15 is 0 Å². The maximum atomic E-state index is 7.90. The number of pyridine rings is 5. The Balaban J connectivity index is 0.000000144. The third-order valence-corrected chi connectivity index (χ3v) is 19.9. The zero-order valence-electron chi connectivity index (χ0n) is 68.4. The lowest BCUT2D eigenvalue weighted by molar-refractivity contribution is 0.464. The number of anilines is 5. The zero-order valence-corrected chi connectivity index (χ0v) is 71.6. The van der Waals surface area contributed by atoms with Gasteiger partial charge in [0.25, 0.3) is 0 Å². The fraction of sp³-hybridized carbons (Fsp3) is 0.0543. The van der Waals surface area contributed by atoms with E-state index in [0.717, 1.165) is 85.2 Å². The van der Waals surface area contributed by atoms with Crippen molar-refractivity contribution in [2.45, 2.75) is 13.3 Å². The van der Waals surface area contributed by atoms with Gasteiger partial charge < -0.3 is 67.7 Å². The average Bonchev–Trinajstić information content (AvgIpc) is 1.64. The normalized spacial score (nSPS) is 11.1. The molecular formula is C92H83Br2N33. The third-order valence-electron chi connectivity index (χ3n) is 18.7. The number of nitrogens with two attached hydrogens (primary N) is 10. The van der Waals surface area contributed by atoms with Gasteiger partial charge in [-0.25, -0.2) is 24.9 Å². The molecule has 16 aromatic rings. The first kappa shape index (κ1) is 89.3. The molecule has 0 fully saturated rings. The van der Waals surface area contributed by atoms with Crippen LogP contribution in [0.25, 0.3) is 65.1 Å². The molecule has 6 aromatic heterocycles. The first-order chi connectivity index (χ1) is 61.1. The maximum absolute atomic E-state index is 7.90. The highest BCUT2D eigenvalue weighted by molar-refractivity contribution is 9.11. The Morgan fingerprint density at radius 2 is 0.764 bits per heavy atom. The van der Waals surface area contributed by atoms with Crippen molar-refractivity contribution in [3.05, 3.63) is 310 Å². The van der Waals surface area contributed by atoms with Gasteiger partial charge in [0, 0.05) is 146 Å². The number of fused-ring (bicyclic) bond motifs is 5. The Labute approximate surface area is 744 Å². The summed E-state index contributed by atoms with van der Waals surface area (Å²) in [4.78, 5) is 26.1. The molecule has 0 aliphatic rings. The van der Waals surface area contributed by atoms with Gasteiger partial charge in [-0.05, 0) is 196 Å². The molecule has 0 unspecified atom stereocenters. The Hall–Kier alpha value is -17.0. The fourth-order valence-electron chi connectivity index (χ4n) is 12.1. The Morgan fingerprint density at radius 3 is 1.19 bits per heavy atom. The largest absolute Gasteiger partial charge is 0.387 e. The standard InChI is InChI=1S/C21H21N7.C20H17N7.C18H16BrN7.C17H16N6.C16H13BrN6/c1-28(2)11-3-4-14-5-6-16-13-25-21(24)19(18(16)12-14)27-26-17-9-7-15(8-10-17)20(22)23;21-19(22)12-5-7-15(8-6-12)26-27-18-16-10-13(17-2-1-9-24-17)3-4-14(16)11-25-20(18)23;19-12-4-1-11-9-24-18(23)17(14(11)7-12)26-25-13-5-2-10(3-6-13)15(20)8-16(21)22;1-10-2-7-14-12(8-10)9-21-17(20)15(14)23-22-13-5-3-11(4-6-13)16(18)19;17-12-3-1-2-10-8-21-16(20)14(13(10)12)23-22-11-6-4-9(5-7-11)15(18)19/h5-10,12-13H,11H2,1-2H3,(H3,22,23)(H2,24,25);1-11,24H,(H3,21,22)(H2,23,25);1-7,9,20H,8H2,(H3,21,22)(H2,23,24);2-9H,1H3,(H3,18,19)(H2,20,21);1-8H,(H3,18,19)(H2,20,21). The number of nitrogens with zero attached hydrogens (tertiary/aromatic N) is 16. The average molecular weight is 1810 g/mol. The van der Waals surface area contributed by atoms with Gasteiger partial charge in [-0.3, -0.25) is 31.9 Å². The molecule has 0 spiro atoms. The number of aromatic amines is 1. The highest BCUT2D eigenvalue weighted by atomic mass is 79.9. The van der Waals surface area contributed by atoms with E-state index in [1.807, 2.05) is 135 Å². The molecule has 0 bridgehead atoms. The number of nitrogen functional groups attached to an aromatic ring is 9. The molecule has 0 aliphatic carbocycles. The van der Waals surface area contributed by atoms with Crippen LogP contribution < -0.4 is 57.3 Å². The molecular weight excluding hydrogens is 1730 g/mol. The van der Waals surface area contributed by atoms with Crippen molar-refractivity contribution in [3.8, 4) is 23.1 Å². The van der Waals surface area contributed by atoms with Gasteiger partial charge in [-0.15, -0.1) is 25.6 Å². The van der Waals surface area contributed by atoms with Gasteiger partial charge in [0.2, 0.25) is 0 Å². The van der Waals surface area contributed by atoms with Gasteiger partial charge >= 0.3 is 0 Å². The van der Waals surface area contributed by atoms with E-state index in [2.05, 4.69) is 125 Å². The molecule has 0 saturated carbocycles. The van der Waals surface area contributed by atoms with Gasteiger partial charge in [0.1, 0.15) is 51.8 Å². The summed E-state index contributed by atoms with van der Waals surface area (Å²) in [5.74, 6) is 7.86. The van der Waals surface area contributed by atoms with Crippen LogP contribution in [-0.2, 0) is 0 Å². The summed E-state index contributed by atoms with van der Waals surface area (Å²) in [6.45, 7) is 2.70. The topological polar surface area (TPSA) is 610 Å². The van der Waals surface area contributed by atoms with Crippen molar-refractivity contribution in [1.29, 1.82) is 32.5 Å². The van der Waals surface area contributed by atoms with E-state index in [9.17, 15) is 0 Å². The van der Waals surface area contributed by atoms with Crippen LogP contribution in [0.5, 0.6) is 0 Å². The molecule has 0 saturated heterocycles. The SMILES string of the molecule is CN(C)CC#Cc1ccc2cnc(N)c(N=Nc3ccc(C(=N)N)cc3)c2c1.Cc1ccc2c(N=Nc3ccc(C(=N)N)cc3)c(N)ncc2c1.N=C(N)CC(=N)c1ccc(N=Nc2c(N)ncc3ccc(Br)cc23)cc1.N=C(N)c1ccc(N=Nc2c(N)ncc3ccc(-c4ccc[nH]4)cc23)cc1.N=C(N)c1ccc(N=Nc2c(N)ncc3cccc(Br)c23)cc1. The van der Waals surface area contributed by atoms with Crippen LogP contribution in [0.2, 0.25) is 0 Å². The van der Waals surface area contributed by atoms with E-state index in [0.29, 0.717) is 120 Å². The van der Waals surface area contributed by atoms with Gasteiger partial charge in [0.15, 0.2) is 29.1 Å². The zero-order chi connectivity index (χ0) is 90.4. The molecule has 33 nitrogen and oxygen atoms in total. The van der Waals surface area contributed by atoms with E-state index in [1.54, 1.807) is 152 Å². The van der Waals surface area contributed by atoms with Crippen molar-refractivity contribution < 1.29 is 0 Å². The second-order valence-corrected chi connectivity index (χ2v) is 30.1. The number of hydrogen-bond donors (Lipinski definition) is 17. The number of halogens is 2. The second-order valence-electron chi connectivity index (χ2n) is 28.3. The lowest BCUT2D eigenvalue weighted by Crippen LogP contribution is -2.15. The first-order valence-electron chi connectivity index (χ1n) is 38.4. The van der Waals surface area contributed by atoms with Gasteiger partial charge in [-0.1, -0.05) is 110 Å². The number of azo groups is 5. The monoisotopic (exact) mass is 1810 g/mol. The second kappa shape index (κ2) is 41.5. The van der Waals surface area contributed by atoms with Crippen LogP contribution in [0.15, 0.2) is 322 Å². The van der Waals surface area contributed by atoms with Crippen molar-refractivity contribution in [2.75, 3.05) is 49.3 Å². The summed E-state index contributed by atoms with van der Waals surface area (Å²) in [7, 11) is 3.95. The molecule has 35 heteroatoms. The number of hydrogen-bond acceptors (Lipinski definition) is 27. The fourth-order valence-corrected chi connectivity index (χ4v) is 13.1. The molecule has 127 heavy (non-hydrogen) atoms. The molecule has 0 atom stereocenters. The van der Waals surface area contributed by atoms with E-state index < -0.39 is 0 Å². The van der Waals surface area contributed by atoms with Crippen molar-refractivity contribution in [3.63, 3.8) is 0 Å². The molecule has 16 rings (SSSR count). The summed E-state index contributed by atoms with van der Waals surface area (Å²) in [5.41, 5.74) is 70.5. The number of H-pyrrole nitrogens is 1. The van der Waals surface area contributed by atoms with E-state index in [1.165, 1.54) is 0 Å². The van der Waals surface area contributed by atoms with Crippen LogP contribution in [0.3, 0.4) is 0 Å². The number of amidine groups is 5. The maximum Gasteiger partial charge on any atom is 0.151 e. The molecule has 27 N–H and O–H groups in total. The summed E-state index contributed by atoms with van der Waals surface area (Å²) in [6.07, 6.45) is 10.6. The third kappa shape index (κ3) is 23.6. The summed E-state index contributed by atoms with van der Waals surface area (Å²) in [6, 6.07) is 68.1.